The minimum absolute atomic E-state index is 0.0596. The Kier molecular flexibility index (Phi) is 3.33. The number of aromatic nitrogens is 7. The van der Waals surface area contributed by atoms with E-state index in [1.807, 2.05) is 17.8 Å². The summed E-state index contributed by atoms with van der Waals surface area (Å²) in [5.41, 5.74) is 9.14. The Morgan fingerprint density at radius 2 is 1.93 bits per heavy atom. The highest BCUT2D eigenvalue weighted by molar-refractivity contribution is 5.70. The van der Waals surface area contributed by atoms with Gasteiger partial charge >= 0.3 is 0 Å². The highest BCUT2D eigenvalue weighted by Crippen LogP contribution is 2.52. The van der Waals surface area contributed by atoms with Gasteiger partial charge in [0.2, 0.25) is 5.82 Å². The van der Waals surface area contributed by atoms with Gasteiger partial charge in [0.25, 0.3) is 0 Å². The van der Waals surface area contributed by atoms with Crippen molar-refractivity contribution in [2.45, 2.75) is 18.3 Å². The number of anilines is 1. The zero-order valence-electron chi connectivity index (χ0n) is 14.8. The normalized spacial score (nSPS) is 15.0. The van der Waals surface area contributed by atoms with Crippen molar-refractivity contribution in [2.75, 3.05) is 5.73 Å². The van der Waals surface area contributed by atoms with Crippen molar-refractivity contribution in [3.8, 4) is 22.8 Å². The van der Waals surface area contributed by atoms with Gasteiger partial charge in [-0.05, 0) is 18.4 Å². The molecule has 27 heavy (non-hydrogen) atoms. The number of nitrogens with one attached hydrogen (secondary N) is 1. The molecular weight excluding hydrogens is 340 g/mol. The second-order valence-corrected chi connectivity index (χ2v) is 6.81. The SMILES string of the molecule is Cn1nc(-c2cnc(N)c(-c3cn[nH]c3)n2)nc1C1(c2ccccc2)CC1. The Hall–Kier alpha value is -3.55. The summed E-state index contributed by atoms with van der Waals surface area (Å²) in [7, 11) is 1.93. The second-order valence-electron chi connectivity index (χ2n) is 6.81. The van der Waals surface area contributed by atoms with Gasteiger partial charge in [-0.3, -0.25) is 9.78 Å². The summed E-state index contributed by atoms with van der Waals surface area (Å²) in [6, 6.07) is 10.5. The van der Waals surface area contributed by atoms with E-state index in [9.17, 15) is 0 Å². The van der Waals surface area contributed by atoms with Crippen molar-refractivity contribution in [3.63, 3.8) is 0 Å². The minimum Gasteiger partial charge on any atom is -0.382 e. The van der Waals surface area contributed by atoms with E-state index < -0.39 is 0 Å². The zero-order valence-corrected chi connectivity index (χ0v) is 14.8. The molecule has 4 aromatic rings. The lowest BCUT2D eigenvalue weighted by Gasteiger charge is -2.14. The predicted molar refractivity (Wildman–Crippen MR) is 100 cm³/mol. The Morgan fingerprint density at radius 1 is 1.11 bits per heavy atom. The van der Waals surface area contributed by atoms with Crippen LogP contribution in [0.2, 0.25) is 0 Å². The molecule has 134 valence electrons. The van der Waals surface area contributed by atoms with Gasteiger partial charge in [0.1, 0.15) is 23.0 Å². The topological polar surface area (TPSA) is 111 Å². The fourth-order valence-electron chi connectivity index (χ4n) is 3.53. The monoisotopic (exact) mass is 358 g/mol. The molecule has 0 radical (unpaired) electrons. The van der Waals surface area contributed by atoms with E-state index in [0.29, 0.717) is 23.0 Å². The first-order valence-corrected chi connectivity index (χ1v) is 8.76. The molecule has 0 bridgehead atoms. The molecule has 5 rings (SSSR count). The van der Waals surface area contributed by atoms with Gasteiger partial charge in [-0.1, -0.05) is 30.3 Å². The Balaban J connectivity index is 1.57. The first-order chi connectivity index (χ1) is 13.2. The smallest absolute Gasteiger partial charge is 0.201 e. The van der Waals surface area contributed by atoms with Gasteiger partial charge in [0, 0.05) is 18.8 Å². The highest BCUT2D eigenvalue weighted by Gasteiger charge is 2.49. The first kappa shape index (κ1) is 15.7. The molecule has 1 aliphatic carbocycles. The number of H-pyrrole nitrogens is 1. The summed E-state index contributed by atoms with van der Waals surface area (Å²) in [6.45, 7) is 0. The van der Waals surface area contributed by atoms with E-state index in [1.54, 1.807) is 18.6 Å². The quantitative estimate of drug-likeness (QED) is 0.579. The van der Waals surface area contributed by atoms with Crippen molar-refractivity contribution in [1.29, 1.82) is 0 Å². The van der Waals surface area contributed by atoms with Crippen LogP contribution in [-0.2, 0) is 12.5 Å². The maximum Gasteiger partial charge on any atom is 0.201 e. The van der Waals surface area contributed by atoms with Crippen LogP contribution in [0, 0.1) is 0 Å². The lowest BCUT2D eigenvalue weighted by atomic mass is 9.95. The average molecular weight is 358 g/mol. The third kappa shape index (κ3) is 2.49. The number of nitrogen functional groups attached to an aromatic ring is 1. The lowest BCUT2D eigenvalue weighted by molar-refractivity contribution is 0.643. The zero-order chi connectivity index (χ0) is 18.4. The van der Waals surface area contributed by atoms with E-state index >= 15 is 0 Å². The molecule has 1 fully saturated rings. The molecule has 3 aromatic heterocycles. The maximum absolute atomic E-state index is 5.99. The summed E-state index contributed by atoms with van der Waals surface area (Å²) >= 11 is 0. The van der Waals surface area contributed by atoms with Crippen LogP contribution in [0.25, 0.3) is 22.8 Å². The second kappa shape index (κ2) is 5.73. The number of hydrogen-bond donors (Lipinski definition) is 2. The number of hydrogen-bond acceptors (Lipinski definition) is 6. The Labute approximate surface area is 155 Å². The van der Waals surface area contributed by atoms with Crippen molar-refractivity contribution in [3.05, 3.63) is 60.3 Å². The van der Waals surface area contributed by atoms with E-state index in [-0.39, 0.29) is 5.41 Å². The van der Waals surface area contributed by atoms with Gasteiger partial charge in [-0.25, -0.2) is 15.0 Å². The van der Waals surface area contributed by atoms with Crippen LogP contribution >= 0.6 is 0 Å². The van der Waals surface area contributed by atoms with Crippen LogP contribution in [0.1, 0.15) is 24.2 Å². The molecule has 8 heteroatoms. The maximum atomic E-state index is 5.99. The molecule has 3 heterocycles. The third-order valence-corrected chi connectivity index (χ3v) is 5.07. The number of nitrogens with two attached hydrogens (primary N) is 1. The molecule has 1 saturated carbocycles. The molecule has 0 unspecified atom stereocenters. The summed E-state index contributed by atoms with van der Waals surface area (Å²) in [4.78, 5) is 13.7. The number of rotatable bonds is 4. The van der Waals surface area contributed by atoms with Crippen LogP contribution < -0.4 is 5.73 Å². The lowest BCUT2D eigenvalue weighted by Crippen LogP contribution is -2.15. The van der Waals surface area contributed by atoms with Gasteiger partial charge < -0.3 is 5.73 Å². The molecule has 0 aliphatic heterocycles. The fourth-order valence-corrected chi connectivity index (χ4v) is 3.53. The van der Waals surface area contributed by atoms with Gasteiger partial charge in [0.05, 0.1) is 17.8 Å². The average Bonchev–Trinajstić information content (AvgIpc) is 3.12. The summed E-state index contributed by atoms with van der Waals surface area (Å²) in [5, 5.41) is 11.3. The van der Waals surface area contributed by atoms with E-state index in [0.717, 1.165) is 24.2 Å². The van der Waals surface area contributed by atoms with E-state index in [4.69, 9.17) is 10.7 Å². The van der Waals surface area contributed by atoms with Crippen LogP contribution in [0.15, 0.2) is 48.9 Å². The number of benzene rings is 1. The summed E-state index contributed by atoms with van der Waals surface area (Å²) in [5.74, 6) is 1.85. The molecule has 0 saturated heterocycles. The molecule has 1 aromatic carbocycles. The van der Waals surface area contributed by atoms with Gasteiger partial charge in [-0.15, -0.1) is 5.10 Å². The van der Waals surface area contributed by atoms with Crippen molar-refractivity contribution in [1.82, 2.24) is 34.9 Å². The molecule has 8 nitrogen and oxygen atoms in total. The van der Waals surface area contributed by atoms with Crippen molar-refractivity contribution in [2.24, 2.45) is 7.05 Å². The number of aryl methyl sites for hydroxylation is 1. The van der Waals surface area contributed by atoms with E-state index in [2.05, 4.69) is 49.5 Å². The highest BCUT2D eigenvalue weighted by atomic mass is 15.3. The third-order valence-electron chi connectivity index (χ3n) is 5.07. The molecule has 3 N–H and O–H groups in total. The largest absolute Gasteiger partial charge is 0.382 e. The molecule has 0 spiro atoms. The predicted octanol–water partition coefficient (Wildman–Crippen LogP) is 2.32. The van der Waals surface area contributed by atoms with Gasteiger partial charge in [-0.2, -0.15) is 5.10 Å². The standard InChI is InChI=1S/C19H18N8/c1-27-18(19(7-8-19)13-5-3-2-4-6-13)25-17(26-27)14-11-21-16(20)15(24-14)12-9-22-23-10-12/h2-6,9-11H,7-8H2,1H3,(H2,20,21)(H,22,23). The van der Waals surface area contributed by atoms with Crippen LogP contribution in [0.3, 0.4) is 0 Å². The molecule has 1 aliphatic rings. The summed E-state index contributed by atoms with van der Waals surface area (Å²) < 4.78 is 1.85. The molecular formula is C19H18N8. The van der Waals surface area contributed by atoms with Gasteiger partial charge in [0.15, 0.2) is 0 Å². The Bertz CT molecular complexity index is 1090. The molecule has 0 amide bonds. The summed E-state index contributed by atoms with van der Waals surface area (Å²) in [6.07, 6.45) is 7.14. The van der Waals surface area contributed by atoms with Crippen LogP contribution in [0.4, 0.5) is 5.82 Å². The van der Waals surface area contributed by atoms with Crippen molar-refractivity contribution >= 4 is 5.82 Å². The molecule has 0 atom stereocenters. The first-order valence-electron chi connectivity index (χ1n) is 8.76. The minimum atomic E-state index is -0.0596. The number of nitrogens with zero attached hydrogens (tertiary/aromatic N) is 6. The van der Waals surface area contributed by atoms with Crippen LogP contribution in [0.5, 0.6) is 0 Å². The Morgan fingerprint density at radius 3 is 2.63 bits per heavy atom. The van der Waals surface area contributed by atoms with E-state index in [1.165, 1.54) is 5.56 Å². The van der Waals surface area contributed by atoms with Crippen LogP contribution in [-0.4, -0.2) is 34.9 Å². The fraction of sp³-hybridized carbons (Fsp3) is 0.211. The number of aromatic amines is 1. The van der Waals surface area contributed by atoms with Crippen molar-refractivity contribution < 1.29 is 0 Å².